The van der Waals surface area contributed by atoms with Crippen molar-refractivity contribution in [2.45, 2.75) is 56.4 Å². The molecule has 1 N–H and O–H groups in total. The monoisotopic (exact) mass is 444 g/mol. The van der Waals surface area contributed by atoms with Crippen molar-refractivity contribution in [3.8, 4) is 0 Å². The van der Waals surface area contributed by atoms with Crippen LogP contribution >= 0.6 is 0 Å². The molecule has 6 nitrogen and oxygen atoms in total. The zero-order valence-electron chi connectivity index (χ0n) is 18.1. The van der Waals surface area contributed by atoms with E-state index in [4.69, 9.17) is 4.74 Å². The van der Waals surface area contributed by atoms with Gasteiger partial charge in [-0.25, -0.2) is 8.42 Å². The smallest absolute Gasteiger partial charge is 0.264 e. The summed E-state index contributed by atoms with van der Waals surface area (Å²) >= 11 is 0. The minimum Gasteiger partial charge on any atom is -0.378 e. The standard InChI is InChI=1S/C24H32N2O4S/c1-20-13-15-21(16-14-20)26(31(28,29)23-11-6-3-7-12-23)19-24(27)25-17-8-18-30-22-9-4-2-5-10-22/h3,6-7,11-16,22H,2,4-5,8-10,17-19H2,1H3,(H,25,27). The molecule has 3 rings (SSSR count). The van der Waals surface area contributed by atoms with Gasteiger partial charge >= 0.3 is 0 Å². The van der Waals surface area contributed by atoms with E-state index in [1.165, 1.54) is 31.4 Å². The summed E-state index contributed by atoms with van der Waals surface area (Å²) in [5, 5.41) is 2.83. The zero-order chi connectivity index (χ0) is 22.1. The fourth-order valence-electron chi connectivity index (χ4n) is 3.71. The van der Waals surface area contributed by atoms with Gasteiger partial charge in [-0.1, -0.05) is 55.2 Å². The molecule has 2 aromatic rings. The predicted molar refractivity (Wildman–Crippen MR) is 123 cm³/mol. The summed E-state index contributed by atoms with van der Waals surface area (Å²) < 4.78 is 33.5. The Morgan fingerprint density at radius 3 is 2.39 bits per heavy atom. The second-order valence-electron chi connectivity index (χ2n) is 7.99. The number of carbonyl (C=O) groups is 1. The SMILES string of the molecule is Cc1ccc(N(CC(=O)NCCCOC2CCCCC2)S(=O)(=O)c2ccccc2)cc1. The Balaban J connectivity index is 1.59. The maximum atomic E-state index is 13.2. The molecular weight excluding hydrogens is 412 g/mol. The van der Waals surface area contributed by atoms with Crippen LogP contribution in [0, 0.1) is 6.92 Å². The van der Waals surface area contributed by atoms with Gasteiger partial charge < -0.3 is 10.1 Å². The molecule has 1 amide bonds. The number of sulfonamides is 1. The van der Waals surface area contributed by atoms with E-state index >= 15 is 0 Å². The Hall–Kier alpha value is -2.38. The summed E-state index contributed by atoms with van der Waals surface area (Å²) in [5.74, 6) is -0.335. The van der Waals surface area contributed by atoms with E-state index in [-0.39, 0.29) is 17.3 Å². The zero-order valence-corrected chi connectivity index (χ0v) is 18.9. The molecule has 0 spiro atoms. The van der Waals surface area contributed by atoms with Crippen molar-refractivity contribution >= 4 is 21.6 Å². The third-order valence-corrected chi connectivity index (χ3v) is 7.28. The molecular formula is C24H32N2O4S. The van der Waals surface area contributed by atoms with Gasteiger partial charge in [0.2, 0.25) is 5.91 Å². The molecule has 168 valence electrons. The molecule has 0 unspecified atom stereocenters. The summed E-state index contributed by atoms with van der Waals surface area (Å²) in [6, 6.07) is 15.3. The Bertz CT molecular complexity index is 924. The number of aryl methyl sites for hydroxylation is 1. The van der Waals surface area contributed by atoms with Gasteiger partial charge in [-0.15, -0.1) is 0 Å². The second kappa shape index (κ2) is 11.3. The lowest BCUT2D eigenvalue weighted by Gasteiger charge is -2.24. The number of carbonyl (C=O) groups excluding carboxylic acids is 1. The fraction of sp³-hybridized carbons (Fsp3) is 0.458. The highest BCUT2D eigenvalue weighted by Crippen LogP contribution is 2.24. The lowest BCUT2D eigenvalue weighted by Crippen LogP contribution is -2.41. The van der Waals surface area contributed by atoms with Crippen molar-refractivity contribution in [1.29, 1.82) is 0 Å². The van der Waals surface area contributed by atoms with Crippen LogP contribution in [0.25, 0.3) is 0 Å². The van der Waals surface area contributed by atoms with Gasteiger partial charge in [0.15, 0.2) is 0 Å². The molecule has 0 atom stereocenters. The second-order valence-corrected chi connectivity index (χ2v) is 9.86. The summed E-state index contributed by atoms with van der Waals surface area (Å²) in [6.07, 6.45) is 7.04. The van der Waals surface area contributed by atoms with Crippen LogP contribution in [0.5, 0.6) is 0 Å². The van der Waals surface area contributed by atoms with E-state index in [1.807, 2.05) is 19.1 Å². The largest absolute Gasteiger partial charge is 0.378 e. The third kappa shape index (κ3) is 6.80. The van der Waals surface area contributed by atoms with E-state index in [0.717, 1.165) is 22.7 Å². The van der Waals surface area contributed by atoms with Gasteiger partial charge in [-0.05, 0) is 50.5 Å². The molecule has 7 heteroatoms. The van der Waals surface area contributed by atoms with Crippen LogP contribution in [-0.2, 0) is 19.6 Å². The van der Waals surface area contributed by atoms with Crippen LogP contribution in [0.1, 0.15) is 44.1 Å². The molecule has 0 bridgehead atoms. The first-order valence-corrected chi connectivity index (χ1v) is 12.4. The Morgan fingerprint density at radius 2 is 1.71 bits per heavy atom. The molecule has 0 radical (unpaired) electrons. The van der Waals surface area contributed by atoms with Crippen molar-refractivity contribution in [3.63, 3.8) is 0 Å². The Kier molecular flexibility index (Phi) is 8.49. The van der Waals surface area contributed by atoms with E-state index < -0.39 is 10.0 Å². The van der Waals surface area contributed by atoms with Gasteiger partial charge in [0.1, 0.15) is 6.54 Å². The first kappa shape index (κ1) is 23.3. The summed E-state index contributed by atoms with van der Waals surface area (Å²) in [5.41, 5.74) is 1.48. The van der Waals surface area contributed by atoms with Gasteiger partial charge in [0.05, 0.1) is 16.7 Å². The Morgan fingerprint density at radius 1 is 1.03 bits per heavy atom. The molecule has 31 heavy (non-hydrogen) atoms. The van der Waals surface area contributed by atoms with Crippen LogP contribution in [0.2, 0.25) is 0 Å². The quantitative estimate of drug-likeness (QED) is 0.561. The van der Waals surface area contributed by atoms with Crippen molar-refractivity contribution < 1.29 is 17.9 Å². The maximum absolute atomic E-state index is 13.2. The van der Waals surface area contributed by atoms with Crippen LogP contribution in [0.4, 0.5) is 5.69 Å². The first-order chi connectivity index (χ1) is 15.0. The topological polar surface area (TPSA) is 75.7 Å². The molecule has 1 aliphatic rings. The minimum atomic E-state index is -3.86. The van der Waals surface area contributed by atoms with E-state index in [0.29, 0.717) is 31.4 Å². The molecule has 1 aliphatic carbocycles. The van der Waals surface area contributed by atoms with Gasteiger partial charge in [-0.2, -0.15) is 0 Å². The first-order valence-electron chi connectivity index (χ1n) is 11.0. The summed E-state index contributed by atoms with van der Waals surface area (Å²) in [7, 11) is -3.86. The number of hydrogen-bond acceptors (Lipinski definition) is 4. The molecule has 2 aromatic carbocycles. The fourth-order valence-corrected chi connectivity index (χ4v) is 5.16. The van der Waals surface area contributed by atoms with Crippen LogP contribution < -0.4 is 9.62 Å². The highest BCUT2D eigenvalue weighted by Gasteiger charge is 2.27. The number of benzene rings is 2. The molecule has 0 heterocycles. The number of rotatable bonds is 10. The number of hydrogen-bond donors (Lipinski definition) is 1. The lowest BCUT2D eigenvalue weighted by molar-refractivity contribution is -0.119. The number of ether oxygens (including phenoxy) is 1. The minimum absolute atomic E-state index is 0.157. The average Bonchev–Trinajstić information content (AvgIpc) is 2.79. The van der Waals surface area contributed by atoms with E-state index in [1.54, 1.807) is 30.3 Å². The van der Waals surface area contributed by atoms with Gasteiger partial charge in [0.25, 0.3) is 10.0 Å². The van der Waals surface area contributed by atoms with Gasteiger partial charge in [0, 0.05) is 13.2 Å². The number of nitrogens with one attached hydrogen (secondary N) is 1. The molecule has 0 saturated heterocycles. The van der Waals surface area contributed by atoms with E-state index in [2.05, 4.69) is 5.32 Å². The van der Waals surface area contributed by atoms with Gasteiger partial charge in [-0.3, -0.25) is 9.10 Å². The number of anilines is 1. The van der Waals surface area contributed by atoms with Crippen LogP contribution in [-0.4, -0.2) is 40.1 Å². The molecule has 0 aromatic heterocycles. The predicted octanol–water partition coefficient (Wildman–Crippen LogP) is 4.05. The summed E-state index contributed by atoms with van der Waals surface area (Å²) in [4.78, 5) is 12.7. The van der Waals surface area contributed by atoms with Crippen LogP contribution in [0.3, 0.4) is 0 Å². The number of nitrogens with zero attached hydrogens (tertiary/aromatic N) is 1. The molecule has 1 fully saturated rings. The lowest BCUT2D eigenvalue weighted by atomic mass is 9.98. The van der Waals surface area contributed by atoms with Crippen molar-refractivity contribution in [1.82, 2.24) is 5.32 Å². The van der Waals surface area contributed by atoms with Crippen molar-refractivity contribution in [2.75, 3.05) is 24.0 Å². The average molecular weight is 445 g/mol. The Labute approximate surface area is 185 Å². The third-order valence-electron chi connectivity index (χ3n) is 5.49. The number of amides is 1. The highest BCUT2D eigenvalue weighted by atomic mass is 32.2. The normalized spacial score (nSPS) is 14.9. The summed E-state index contributed by atoms with van der Waals surface area (Å²) in [6.45, 7) is 2.72. The van der Waals surface area contributed by atoms with Crippen molar-refractivity contribution in [2.24, 2.45) is 0 Å². The molecule has 1 saturated carbocycles. The molecule has 0 aliphatic heterocycles. The van der Waals surface area contributed by atoms with Crippen LogP contribution in [0.15, 0.2) is 59.5 Å². The van der Waals surface area contributed by atoms with E-state index in [9.17, 15) is 13.2 Å². The maximum Gasteiger partial charge on any atom is 0.264 e. The highest BCUT2D eigenvalue weighted by molar-refractivity contribution is 7.92. The van der Waals surface area contributed by atoms with Crippen molar-refractivity contribution in [3.05, 3.63) is 60.2 Å².